The van der Waals surface area contributed by atoms with E-state index in [1.165, 1.54) is 0 Å². The van der Waals surface area contributed by atoms with Gasteiger partial charge in [-0.2, -0.15) is 0 Å². The monoisotopic (exact) mass is 368 g/mol. The number of nitrogens with zero attached hydrogens (tertiary/aromatic N) is 4. The van der Waals surface area contributed by atoms with Crippen LogP contribution in [0, 0.1) is 0 Å². The van der Waals surface area contributed by atoms with Crippen LogP contribution >= 0.6 is 11.6 Å². The molecule has 0 unspecified atom stereocenters. The molecule has 1 amide bonds. The van der Waals surface area contributed by atoms with Gasteiger partial charge in [0.05, 0.1) is 6.26 Å². The van der Waals surface area contributed by atoms with Crippen LogP contribution in [0.5, 0.6) is 0 Å². The molecule has 6 nitrogen and oxygen atoms in total. The normalized spacial score (nSPS) is 14.5. The fraction of sp³-hybridized carbons (Fsp3) is 0.211. The minimum absolute atomic E-state index is 0.0283. The topological polar surface area (TPSA) is 62.5 Å². The largest absolute Gasteiger partial charge is 0.463 e. The number of piperazine rings is 1. The lowest BCUT2D eigenvalue weighted by Crippen LogP contribution is -2.49. The van der Waals surface area contributed by atoms with Gasteiger partial charge in [-0.1, -0.05) is 11.6 Å². The van der Waals surface area contributed by atoms with Gasteiger partial charge in [0, 0.05) is 36.8 Å². The van der Waals surface area contributed by atoms with Crippen molar-refractivity contribution in [1.82, 2.24) is 15.1 Å². The number of benzene rings is 1. The maximum Gasteiger partial charge on any atom is 0.253 e. The molecule has 26 heavy (non-hydrogen) atoms. The molecule has 2 aromatic heterocycles. The molecule has 0 bridgehead atoms. The average Bonchev–Trinajstić information content (AvgIpc) is 3.23. The minimum atomic E-state index is 0.0283. The summed E-state index contributed by atoms with van der Waals surface area (Å²) in [4.78, 5) is 16.5. The molecule has 1 aliphatic rings. The summed E-state index contributed by atoms with van der Waals surface area (Å²) in [6.45, 7) is 2.72. The summed E-state index contributed by atoms with van der Waals surface area (Å²) in [6, 6.07) is 14.5. The van der Waals surface area contributed by atoms with Gasteiger partial charge in [-0.3, -0.25) is 4.79 Å². The molecule has 0 atom stereocenters. The van der Waals surface area contributed by atoms with E-state index in [4.69, 9.17) is 16.0 Å². The Kier molecular flexibility index (Phi) is 4.58. The van der Waals surface area contributed by atoms with Crippen molar-refractivity contribution < 1.29 is 9.21 Å². The Balaban J connectivity index is 1.39. The molecule has 4 rings (SSSR count). The molecule has 1 aliphatic heterocycles. The van der Waals surface area contributed by atoms with E-state index in [2.05, 4.69) is 15.1 Å². The Morgan fingerprint density at radius 1 is 0.962 bits per heavy atom. The molecule has 1 aromatic carbocycles. The van der Waals surface area contributed by atoms with E-state index < -0.39 is 0 Å². The van der Waals surface area contributed by atoms with Crippen molar-refractivity contribution in [3.63, 3.8) is 0 Å². The summed E-state index contributed by atoms with van der Waals surface area (Å²) < 4.78 is 5.33. The maximum atomic E-state index is 12.6. The summed E-state index contributed by atoms with van der Waals surface area (Å²) in [7, 11) is 0. The van der Waals surface area contributed by atoms with Crippen LogP contribution in [-0.4, -0.2) is 47.2 Å². The van der Waals surface area contributed by atoms with Crippen molar-refractivity contribution >= 4 is 23.3 Å². The Bertz CT molecular complexity index is 871. The van der Waals surface area contributed by atoms with Crippen LogP contribution in [-0.2, 0) is 0 Å². The van der Waals surface area contributed by atoms with Crippen LogP contribution in [0.25, 0.3) is 11.5 Å². The first-order valence-electron chi connectivity index (χ1n) is 8.38. The first-order valence-corrected chi connectivity index (χ1v) is 8.76. The molecular weight excluding hydrogens is 352 g/mol. The highest BCUT2D eigenvalue weighted by molar-refractivity contribution is 6.30. The predicted molar refractivity (Wildman–Crippen MR) is 99.3 cm³/mol. The lowest BCUT2D eigenvalue weighted by Gasteiger charge is -2.35. The Morgan fingerprint density at radius 2 is 1.73 bits per heavy atom. The van der Waals surface area contributed by atoms with Crippen LogP contribution < -0.4 is 4.90 Å². The smallest absolute Gasteiger partial charge is 0.253 e. The standard InChI is InChI=1S/C19H17ClN4O2/c20-15-5-3-14(4-6-15)19(25)24-11-9-23(10-12-24)18-8-7-16(21-22-18)17-2-1-13-26-17/h1-8,13H,9-12H2. The van der Waals surface area contributed by atoms with Crippen LogP contribution in [0.3, 0.4) is 0 Å². The Labute approximate surface area is 156 Å². The highest BCUT2D eigenvalue weighted by atomic mass is 35.5. The van der Waals surface area contributed by atoms with Gasteiger partial charge in [0.2, 0.25) is 0 Å². The molecule has 3 heterocycles. The molecule has 3 aromatic rings. The second kappa shape index (κ2) is 7.17. The van der Waals surface area contributed by atoms with Gasteiger partial charge in [0.1, 0.15) is 5.69 Å². The highest BCUT2D eigenvalue weighted by Crippen LogP contribution is 2.20. The van der Waals surface area contributed by atoms with Gasteiger partial charge in [-0.05, 0) is 48.5 Å². The number of aromatic nitrogens is 2. The van der Waals surface area contributed by atoms with E-state index >= 15 is 0 Å². The Morgan fingerprint density at radius 3 is 2.35 bits per heavy atom. The molecule has 0 N–H and O–H groups in total. The number of amides is 1. The summed E-state index contributed by atoms with van der Waals surface area (Å²) in [5, 5.41) is 9.15. The fourth-order valence-corrected chi connectivity index (χ4v) is 3.09. The Hall–Kier alpha value is -2.86. The lowest BCUT2D eigenvalue weighted by molar-refractivity contribution is 0.0746. The number of carbonyl (C=O) groups excluding carboxylic acids is 1. The number of halogens is 1. The first-order chi connectivity index (χ1) is 12.7. The number of hydrogen-bond acceptors (Lipinski definition) is 5. The molecule has 0 saturated carbocycles. The third-order valence-electron chi connectivity index (χ3n) is 4.41. The molecule has 0 spiro atoms. The SMILES string of the molecule is O=C(c1ccc(Cl)cc1)N1CCN(c2ccc(-c3ccco3)nn2)CC1. The van der Waals surface area contributed by atoms with Crippen molar-refractivity contribution in [2.75, 3.05) is 31.1 Å². The van der Waals surface area contributed by atoms with E-state index in [1.807, 2.05) is 29.2 Å². The van der Waals surface area contributed by atoms with Crippen LogP contribution in [0.4, 0.5) is 5.82 Å². The van der Waals surface area contributed by atoms with Gasteiger partial charge in [-0.25, -0.2) is 0 Å². The quantitative estimate of drug-likeness (QED) is 0.709. The number of anilines is 1. The third-order valence-corrected chi connectivity index (χ3v) is 4.66. The summed E-state index contributed by atoms with van der Waals surface area (Å²) >= 11 is 5.88. The number of furan rings is 1. The van der Waals surface area contributed by atoms with Crippen molar-refractivity contribution in [3.05, 3.63) is 65.4 Å². The van der Waals surface area contributed by atoms with Crippen molar-refractivity contribution in [3.8, 4) is 11.5 Å². The molecule has 0 radical (unpaired) electrons. The second-order valence-electron chi connectivity index (χ2n) is 6.04. The molecule has 0 aliphatic carbocycles. The molecule has 7 heteroatoms. The predicted octanol–water partition coefficient (Wildman–Crippen LogP) is 3.35. The summed E-state index contributed by atoms with van der Waals surface area (Å²) in [6.07, 6.45) is 1.61. The summed E-state index contributed by atoms with van der Waals surface area (Å²) in [5.41, 5.74) is 1.36. The van der Waals surface area contributed by atoms with E-state index in [0.29, 0.717) is 48.2 Å². The van der Waals surface area contributed by atoms with Crippen molar-refractivity contribution in [2.45, 2.75) is 0 Å². The van der Waals surface area contributed by atoms with E-state index in [1.54, 1.807) is 30.5 Å². The van der Waals surface area contributed by atoms with E-state index in [-0.39, 0.29) is 5.91 Å². The molecule has 1 saturated heterocycles. The number of rotatable bonds is 3. The zero-order valence-electron chi connectivity index (χ0n) is 14.0. The fourth-order valence-electron chi connectivity index (χ4n) is 2.96. The summed E-state index contributed by atoms with van der Waals surface area (Å²) in [5.74, 6) is 1.53. The zero-order chi connectivity index (χ0) is 17.9. The number of carbonyl (C=O) groups is 1. The maximum absolute atomic E-state index is 12.6. The van der Waals surface area contributed by atoms with Crippen molar-refractivity contribution in [1.29, 1.82) is 0 Å². The third kappa shape index (κ3) is 3.41. The van der Waals surface area contributed by atoms with Crippen molar-refractivity contribution in [2.24, 2.45) is 0 Å². The van der Waals surface area contributed by atoms with Gasteiger partial charge in [0.15, 0.2) is 11.6 Å². The van der Waals surface area contributed by atoms with Crippen LogP contribution in [0.2, 0.25) is 5.02 Å². The van der Waals surface area contributed by atoms with E-state index in [9.17, 15) is 4.79 Å². The molecular formula is C19H17ClN4O2. The van der Waals surface area contributed by atoms with Crippen LogP contribution in [0.1, 0.15) is 10.4 Å². The highest BCUT2D eigenvalue weighted by Gasteiger charge is 2.23. The van der Waals surface area contributed by atoms with Gasteiger partial charge in [-0.15, -0.1) is 10.2 Å². The van der Waals surface area contributed by atoms with E-state index in [0.717, 1.165) is 5.82 Å². The van der Waals surface area contributed by atoms with Gasteiger partial charge in [0.25, 0.3) is 5.91 Å². The first kappa shape index (κ1) is 16.6. The zero-order valence-corrected chi connectivity index (χ0v) is 14.8. The van der Waals surface area contributed by atoms with Gasteiger partial charge < -0.3 is 14.2 Å². The van der Waals surface area contributed by atoms with Crippen LogP contribution in [0.15, 0.2) is 59.2 Å². The minimum Gasteiger partial charge on any atom is -0.463 e. The second-order valence-corrected chi connectivity index (χ2v) is 6.48. The van der Waals surface area contributed by atoms with Gasteiger partial charge >= 0.3 is 0 Å². The molecule has 1 fully saturated rings. The molecule has 132 valence electrons. The average molecular weight is 369 g/mol. The lowest BCUT2D eigenvalue weighted by atomic mass is 10.2. The number of hydrogen-bond donors (Lipinski definition) is 0.